The van der Waals surface area contributed by atoms with Crippen molar-refractivity contribution in [3.05, 3.63) is 34.9 Å². The molecule has 1 atom stereocenters. The molecule has 0 bridgehead atoms. The quantitative estimate of drug-likeness (QED) is 0.888. The molecule has 1 amide bonds. The summed E-state index contributed by atoms with van der Waals surface area (Å²) in [6, 6.07) is 5.81. The summed E-state index contributed by atoms with van der Waals surface area (Å²) in [6.45, 7) is 6.38. The monoisotopic (exact) mass is 246 g/mol. The van der Waals surface area contributed by atoms with Crippen LogP contribution >= 0.6 is 0 Å². The van der Waals surface area contributed by atoms with Gasteiger partial charge in [-0.05, 0) is 32.4 Å². The predicted molar refractivity (Wildman–Crippen MR) is 70.8 cm³/mol. The minimum absolute atomic E-state index is 0.0281. The first-order valence-corrected chi connectivity index (χ1v) is 6.11. The second kappa shape index (κ2) is 5.21. The normalized spacial score (nSPS) is 18.2. The second-order valence-electron chi connectivity index (χ2n) is 4.79. The first-order chi connectivity index (χ1) is 8.56. The molecule has 1 aromatic rings. The fourth-order valence-corrected chi connectivity index (χ4v) is 2.05. The van der Waals surface area contributed by atoms with Gasteiger partial charge in [0.15, 0.2) is 0 Å². The van der Waals surface area contributed by atoms with Crippen molar-refractivity contribution >= 4 is 11.6 Å². The summed E-state index contributed by atoms with van der Waals surface area (Å²) in [7, 11) is 0. The molecule has 1 N–H and O–H groups in total. The average molecular weight is 246 g/mol. The number of aryl methyl sites for hydroxylation is 2. The molecular formula is C14H18N2O2. The molecule has 2 rings (SSSR count). The van der Waals surface area contributed by atoms with Crippen molar-refractivity contribution in [2.24, 2.45) is 5.16 Å². The van der Waals surface area contributed by atoms with Crippen LogP contribution in [0.3, 0.4) is 0 Å². The van der Waals surface area contributed by atoms with Crippen molar-refractivity contribution in [2.45, 2.75) is 33.3 Å². The van der Waals surface area contributed by atoms with Gasteiger partial charge in [0.25, 0.3) is 5.91 Å². The molecule has 0 saturated heterocycles. The van der Waals surface area contributed by atoms with Crippen LogP contribution in [0.15, 0.2) is 23.4 Å². The van der Waals surface area contributed by atoms with E-state index in [1.165, 1.54) is 0 Å². The summed E-state index contributed by atoms with van der Waals surface area (Å²) in [6.07, 6.45) is 0.757. The van der Waals surface area contributed by atoms with Crippen molar-refractivity contribution in [1.82, 2.24) is 5.32 Å². The van der Waals surface area contributed by atoms with Gasteiger partial charge in [-0.15, -0.1) is 0 Å². The van der Waals surface area contributed by atoms with E-state index in [4.69, 9.17) is 4.84 Å². The highest BCUT2D eigenvalue weighted by atomic mass is 16.6. The fourth-order valence-electron chi connectivity index (χ4n) is 2.05. The van der Waals surface area contributed by atoms with E-state index in [2.05, 4.69) is 10.5 Å². The Morgan fingerprint density at radius 1 is 1.44 bits per heavy atom. The van der Waals surface area contributed by atoms with Gasteiger partial charge >= 0.3 is 0 Å². The average Bonchev–Trinajstić information content (AvgIpc) is 2.72. The van der Waals surface area contributed by atoms with E-state index in [1.54, 1.807) is 0 Å². The lowest BCUT2D eigenvalue weighted by molar-refractivity contribution is 0.0753. The van der Waals surface area contributed by atoms with Crippen LogP contribution in [0.2, 0.25) is 0 Å². The molecule has 18 heavy (non-hydrogen) atoms. The molecular weight excluding hydrogens is 228 g/mol. The topological polar surface area (TPSA) is 50.7 Å². The molecule has 0 aromatic heterocycles. The van der Waals surface area contributed by atoms with Crippen molar-refractivity contribution in [3.8, 4) is 0 Å². The fraction of sp³-hybridized carbons (Fsp3) is 0.429. The van der Waals surface area contributed by atoms with E-state index in [1.807, 2.05) is 39.0 Å². The van der Waals surface area contributed by atoms with Gasteiger partial charge in [0.1, 0.15) is 6.10 Å². The molecule has 1 aliphatic heterocycles. The Morgan fingerprint density at radius 2 is 2.22 bits per heavy atom. The van der Waals surface area contributed by atoms with Crippen LogP contribution in [0, 0.1) is 13.8 Å². The van der Waals surface area contributed by atoms with E-state index < -0.39 is 0 Å². The zero-order chi connectivity index (χ0) is 13.1. The zero-order valence-electron chi connectivity index (χ0n) is 11.0. The number of carbonyl (C=O) groups excluding carboxylic acids is 1. The van der Waals surface area contributed by atoms with Crippen molar-refractivity contribution < 1.29 is 9.63 Å². The smallest absolute Gasteiger partial charge is 0.251 e. The largest absolute Gasteiger partial charge is 0.390 e. The van der Waals surface area contributed by atoms with Gasteiger partial charge in [0.05, 0.1) is 12.3 Å². The molecule has 0 saturated carbocycles. The Hall–Kier alpha value is -1.84. The number of amides is 1. The van der Waals surface area contributed by atoms with E-state index >= 15 is 0 Å². The summed E-state index contributed by atoms with van der Waals surface area (Å²) in [5, 5.41) is 6.75. The molecule has 0 radical (unpaired) electrons. The van der Waals surface area contributed by atoms with E-state index in [0.29, 0.717) is 6.54 Å². The molecule has 0 unspecified atom stereocenters. The second-order valence-corrected chi connectivity index (χ2v) is 4.79. The first kappa shape index (κ1) is 12.6. The molecule has 4 heteroatoms. The lowest BCUT2D eigenvalue weighted by Gasteiger charge is -2.11. The van der Waals surface area contributed by atoms with Gasteiger partial charge in [-0.25, -0.2) is 0 Å². The number of benzene rings is 1. The van der Waals surface area contributed by atoms with Crippen LogP contribution in [0.25, 0.3) is 0 Å². The standard InChI is InChI=1S/C14H18N2O2/c1-9-4-5-13(10(2)6-9)14(17)15-8-12-7-11(3)16-18-12/h4-6,12H,7-8H2,1-3H3,(H,15,17)/t12-/m1/s1. The van der Waals surface area contributed by atoms with Crippen molar-refractivity contribution in [1.29, 1.82) is 0 Å². The number of hydrogen-bond donors (Lipinski definition) is 1. The van der Waals surface area contributed by atoms with Crippen LogP contribution in [0.5, 0.6) is 0 Å². The van der Waals surface area contributed by atoms with Gasteiger partial charge in [-0.3, -0.25) is 4.79 Å². The van der Waals surface area contributed by atoms with Gasteiger partial charge in [-0.2, -0.15) is 0 Å². The van der Waals surface area contributed by atoms with Crippen molar-refractivity contribution in [2.75, 3.05) is 6.54 Å². The number of oxime groups is 1. The summed E-state index contributed by atoms with van der Waals surface area (Å²) in [5.41, 5.74) is 3.84. The highest BCUT2D eigenvalue weighted by Gasteiger charge is 2.19. The van der Waals surface area contributed by atoms with Crippen LogP contribution < -0.4 is 5.32 Å². The van der Waals surface area contributed by atoms with Crippen LogP contribution in [-0.2, 0) is 4.84 Å². The zero-order valence-corrected chi connectivity index (χ0v) is 11.0. The minimum Gasteiger partial charge on any atom is -0.390 e. The first-order valence-electron chi connectivity index (χ1n) is 6.11. The summed E-state index contributed by atoms with van der Waals surface area (Å²) < 4.78 is 0. The number of nitrogens with one attached hydrogen (secondary N) is 1. The number of rotatable bonds is 3. The Balaban J connectivity index is 1.92. The SMILES string of the molecule is CC1=NO[C@@H](CNC(=O)c2ccc(C)cc2C)C1. The predicted octanol–water partition coefficient (Wildman–Crippen LogP) is 2.20. The third kappa shape index (κ3) is 2.88. The van der Waals surface area contributed by atoms with Crippen molar-refractivity contribution in [3.63, 3.8) is 0 Å². The van der Waals surface area contributed by atoms with E-state index in [9.17, 15) is 4.79 Å². The molecule has 96 valence electrons. The van der Waals surface area contributed by atoms with Gasteiger partial charge in [-0.1, -0.05) is 22.9 Å². The lowest BCUT2D eigenvalue weighted by Crippen LogP contribution is -2.32. The summed E-state index contributed by atoms with van der Waals surface area (Å²) in [4.78, 5) is 17.2. The molecule has 4 nitrogen and oxygen atoms in total. The van der Waals surface area contributed by atoms with Gasteiger partial charge in [0, 0.05) is 12.0 Å². The summed E-state index contributed by atoms with van der Waals surface area (Å²) >= 11 is 0. The Kier molecular flexibility index (Phi) is 3.65. The van der Waals surface area contributed by atoms with E-state index in [0.717, 1.165) is 28.8 Å². The molecule has 0 aliphatic carbocycles. The maximum Gasteiger partial charge on any atom is 0.251 e. The minimum atomic E-state index is -0.0550. The molecule has 1 heterocycles. The maximum atomic E-state index is 12.0. The van der Waals surface area contributed by atoms with E-state index in [-0.39, 0.29) is 12.0 Å². The third-order valence-corrected chi connectivity index (χ3v) is 3.00. The number of hydrogen-bond acceptors (Lipinski definition) is 3. The van der Waals surface area contributed by atoms with Crippen LogP contribution in [0.4, 0.5) is 0 Å². The third-order valence-electron chi connectivity index (χ3n) is 3.00. The Bertz CT molecular complexity index is 495. The lowest BCUT2D eigenvalue weighted by atomic mass is 10.1. The molecule has 1 aliphatic rings. The molecule has 1 aromatic carbocycles. The maximum absolute atomic E-state index is 12.0. The summed E-state index contributed by atoms with van der Waals surface area (Å²) in [5.74, 6) is -0.0550. The Labute approximate surface area is 107 Å². The number of nitrogens with zero attached hydrogens (tertiary/aromatic N) is 1. The van der Waals surface area contributed by atoms with Crippen LogP contribution in [0.1, 0.15) is 34.8 Å². The van der Waals surface area contributed by atoms with Gasteiger partial charge < -0.3 is 10.2 Å². The number of carbonyl (C=O) groups is 1. The van der Waals surface area contributed by atoms with Gasteiger partial charge in [0.2, 0.25) is 0 Å². The van der Waals surface area contributed by atoms with Crippen LogP contribution in [-0.4, -0.2) is 24.3 Å². The molecule has 0 fully saturated rings. The highest BCUT2D eigenvalue weighted by Crippen LogP contribution is 2.12. The highest BCUT2D eigenvalue weighted by molar-refractivity contribution is 5.95. The Morgan fingerprint density at radius 3 is 2.83 bits per heavy atom. The molecule has 0 spiro atoms.